The highest BCUT2D eigenvalue weighted by Gasteiger charge is 2.41. The monoisotopic (exact) mass is 419 g/mol. The predicted molar refractivity (Wildman–Crippen MR) is 110 cm³/mol. The lowest BCUT2D eigenvalue weighted by molar-refractivity contribution is -0.121. The summed E-state index contributed by atoms with van der Waals surface area (Å²) in [5, 5.41) is 23.1. The summed E-state index contributed by atoms with van der Waals surface area (Å²) in [6, 6.07) is 3.55. The lowest BCUT2D eigenvalue weighted by Crippen LogP contribution is -2.26. The molecule has 1 aromatic carbocycles. The molecule has 3 N–H and O–H groups in total. The highest BCUT2D eigenvalue weighted by molar-refractivity contribution is 6.06. The van der Waals surface area contributed by atoms with Gasteiger partial charge < -0.3 is 29.4 Å². The third-order valence-corrected chi connectivity index (χ3v) is 5.44. The summed E-state index contributed by atoms with van der Waals surface area (Å²) in [6.07, 6.45) is 3.36. The van der Waals surface area contributed by atoms with E-state index in [1.54, 1.807) is 19.1 Å². The molecule has 1 saturated carbocycles. The molecule has 8 heteroatoms. The molecule has 2 aromatic rings. The largest absolute Gasteiger partial charge is 0.493 e. The molecular weight excluding hydrogens is 390 g/mol. The molecule has 0 bridgehead atoms. The fourth-order valence-corrected chi connectivity index (χ4v) is 3.98. The number of furan rings is 1. The predicted octanol–water partition coefficient (Wildman–Crippen LogP) is 2.42. The maximum atomic E-state index is 12.8. The average molecular weight is 419 g/mol. The topological polar surface area (TPSA) is 118 Å². The van der Waals surface area contributed by atoms with Gasteiger partial charge in [0.25, 0.3) is 0 Å². The second kappa shape index (κ2) is 9.49. The molecule has 164 valence electrons. The fraction of sp³-hybridized carbons (Fsp3) is 0.545. The number of aryl methyl sites for hydroxylation is 1. The summed E-state index contributed by atoms with van der Waals surface area (Å²) >= 11 is 0. The van der Waals surface area contributed by atoms with Gasteiger partial charge in [-0.1, -0.05) is 0 Å². The molecule has 0 atom stereocenters. The lowest BCUT2D eigenvalue weighted by atomic mass is 9.94. The summed E-state index contributed by atoms with van der Waals surface area (Å²) in [5.41, 5.74) is 0.177. The number of nitrogens with one attached hydrogen (secondary N) is 1. The van der Waals surface area contributed by atoms with Gasteiger partial charge in [-0.05, 0) is 56.7 Å². The zero-order chi connectivity index (χ0) is 21.7. The van der Waals surface area contributed by atoms with Gasteiger partial charge in [-0.25, -0.2) is 4.79 Å². The van der Waals surface area contributed by atoms with Gasteiger partial charge >= 0.3 is 5.97 Å². The standard InChI is InChI=1S/C22H29NO7/c1-3-29-21(26)18-15-12-14(6-7-17(25)23-10-11-24)13-16(28-2)19(15)30-20(18)22(27)8-4-5-9-22/h12-13,24,27H,3-11H2,1-2H3,(H,23,25). The molecule has 0 saturated heterocycles. The van der Waals surface area contributed by atoms with Crippen molar-refractivity contribution >= 4 is 22.8 Å². The van der Waals surface area contributed by atoms with E-state index in [-0.39, 0.29) is 43.4 Å². The van der Waals surface area contributed by atoms with Crippen molar-refractivity contribution in [3.8, 4) is 5.75 Å². The second-order valence-electron chi connectivity index (χ2n) is 7.51. The van der Waals surface area contributed by atoms with Crippen LogP contribution in [0, 0.1) is 0 Å². The number of hydrogen-bond acceptors (Lipinski definition) is 7. The maximum absolute atomic E-state index is 12.8. The quantitative estimate of drug-likeness (QED) is 0.534. The average Bonchev–Trinajstić information content (AvgIpc) is 3.35. The van der Waals surface area contributed by atoms with Crippen molar-refractivity contribution < 1.29 is 33.7 Å². The molecule has 30 heavy (non-hydrogen) atoms. The second-order valence-corrected chi connectivity index (χ2v) is 7.51. The van der Waals surface area contributed by atoms with Crippen molar-refractivity contribution in [2.75, 3.05) is 26.9 Å². The summed E-state index contributed by atoms with van der Waals surface area (Å²) in [4.78, 5) is 24.7. The van der Waals surface area contributed by atoms with Crippen molar-refractivity contribution in [2.24, 2.45) is 0 Å². The van der Waals surface area contributed by atoms with Crippen LogP contribution in [-0.4, -0.2) is 49.0 Å². The Bertz CT molecular complexity index is 912. The number of esters is 1. The Labute approximate surface area is 175 Å². The molecule has 0 spiro atoms. The summed E-state index contributed by atoms with van der Waals surface area (Å²) < 4.78 is 16.8. The van der Waals surface area contributed by atoms with Gasteiger partial charge in [0.1, 0.15) is 11.2 Å². The van der Waals surface area contributed by atoms with E-state index in [0.717, 1.165) is 18.4 Å². The fourth-order valence-electron chi connectivity index (χ4n) is 3.98. The molecular formula is C22H29NO7. The lowest BCUT2D eigenvalue weighted by Gasteiger charge is -2.20. The number of aliphatic hydroxyl groups excluding tert-OH is 1. The SMILES string of the molecule is CCOC(=O)c1c(C2(O)CCCC2)oc2c(OC)cc(CCC(=O)NCCO)cc12. The Hall–Kier alpha value is -2.58. The van der Waals surface area contributed by atoms with Crippen LogP contribution in [0.2, 0.25) is 0 Å². The van der Waals surface area contributed by atoms with E-state index in [2.05, 4.69) is 5.32 Å². The normalized spacial score (nSPS) is 15.3. The van der Waals surface area contributed by atoms with E-state index in [1.165, 1.54) is 7.11 Å². The number of benzene rings is 1. The van der Waals surface area contributed by atoms with E-state index in [0.29, 0.717) is 36.0 Å². The highest BCUT2D eigenvalue weighted by Crippen LogP contribution is 2.45. The Morgan fingerprint density at radius 1 is 1.27 bits per heavy atom. The van der Waals surface area contributed by atoms with Crippen LogP contribution in [0.15, 0.2) is 16.5 Å². The summed E-state index contributed by atoms with van der Waals surface area (Å²) in [5.74, 6) is -0.0744. The number of carbonyl (C=O) groups excluding carboxylic acids is 2. The molecule has 1 aliphatic rings. The minimum Gasteiger partial charge on any atom is -0.493 e. The van der Waals surface area contributed by atoms with Crippen LogP contribution >= 0.6 is 0 Å². The van der Waals surface area contributed by atoms with Crippen molar-refractivity contribution in [1.29, 1.82) is 0 Å². The highest BCUT2D eigenvalue weighted by atomic mass is 16.5. The Balaban J connectivity index is 2.05. The molecule has 1 aromatic heterocycles. The van der Waals surface area contributed by atoms with Gasteiger partial charge in [0.05, 0.1) is 20.3 Å². The van der Waals surface area contributed by atoms with Gasteiger partial charge in [0.15, 0.2) is 17.1 Å². The Morgan fingerprint density at radius 3 is 2.63 bits per heavy atom. The molecule has 0 unspecified atom stereocenters. The number of rotatable bonds is 9. The molecule has 1 heterocycles. The summed E-state index contributed by atoms with van der Waals surface area (Å²) in [6.45, 7) is 2.01. The van der Waals surface area contributed by atoms with Crippen molar-refractivity contribution in [3.05, 3.63) is 29.0 Å². The minimum atomic E-state index is -1.21. The number of carbonyl (C=O) groups is 2. The zero-order valence-electron chi connectivity index (χ0n) is 17.5. The first-order chi connectivity index (χ1) is 14.4. The first-order valence-electron chi connectivity index (χ1n) is 10.3. The van der Waals surface area contributed by atoms with Crippen LogP contribution in [0.1, 0.15) is 60.7 Å². The van der Waals surface area contributed by atoms with Gasteiger partial charge in [0, 0.05) is 18.4 Å². The van der Waals surface area contributed by atoms with Crippen LogP contribution in [0.4, 0.5) is 0 Å². The number of amides is 1. The molecule has 1 fully saturated rings. The first-order valence-corrected chi connectivity index (χ1v) is 10.3. The van der Waals surface area contributed by atoms with Gasteiger partial charge in [-0.15, -0.1) is 0 Å². The van der Waals surface area contributed by atoms with Crippen LogP contribution in [0.5, 0.6) is 5.75 Å². The van der Waals surface area contributed by atoms with Gasteiger partial charge in [-0.2, -0.15) is 0 Å². The van der Waals surface area contributed by atoms with E-state index in [4.69, 9.17) is 19.0 Å². The van der Waals surface area contributed by atoms with E-state index >= 15 is 0 Å². The smallest absolute Gasteiger partial charge is 0.342 e. The van der Waals surface area contributed by atoms with E-state index < -0.39 is 11.6 Å². The number of hydrogen-bond donors (Lipinski definition) is 3. The number of ether oxygens (including phenoxy) is 2. The molecule has 1 amide bonds. The summed E-state index contributed by atoms with van der Waals surface area (Å²) in [7, 11) is 1.50. The van der Waals surface area contributed by atoms with E-state index in [9.17, 15) is 14.7 Å². The van der Waals surface area contributed by atoms with E-state index in [1.807, 2.05) is 0 Å². The molecule has 8 nitrogen and oxygen atoms in total. The number of fused-ring (bicyclic) bond motifs is 1. The third-order valence-electron chi connectivity index (χ3n) is 5.44. The Morgan fingerprint density at radius 2 is 2.00 bits per heavy atom. The van der Waals surface area contributed by atoms with Crippen molar-refractivity contribution in [1.82, 2.24) is 5.32 Å². The molecule has 1 aliphatic carbocycles. The molecule has 0 radical (unpaired) electrons. The molecule has 3 rings (SSSR count). The zero-order valence-corrected chi connectivity index (χ0v) is 17.5. The minimum absolute atomic E-state index is 0.116. The van der Waals surface area contributed by atoms with Crippen molar-refractivity contribution in [2.45, 2.75) is 51.0 Å². The first kappa shape index (κ1) is 22.1. The molecule has 0 aliphatic heterocycles. The third kappa shape index (κ3) is 4.44. The van der Waals surface area contributed by atoms with Gasteiger partial charge in [-0.3, -0.25) is 4.79 Å². The van der Waals surface area contributed by atoms with Crippen LogP contribution in [-0.2, 0) is 21.6 Å². The van der Waals surface area contributed by atoms with Crippen molar-refractivity contribution in [3.63, 3.8) is 0 Å². The number of aliphatic hydroxyl groups is 2. The van der Waals surface area contributed by atoms with Crippen LogP contribution in [0.25, 0.3) is 11.0 Å². The number of methoxy groups -OCH3 is 1. The van der Waals surface area contributed by atoms with Gasteiger partial charge in [0.2, 0.25) is 5.91 Å². The van der Waals surface area contributed by atoms with Crippen LogP contribution < -0.4 is 10.1 Å². The Kier molecular flexibility index (Phi) is 6.99. The van der Waals surface area contributed by atoms with Crippen LogP contribution in [0.3, 0.4) is 0 Å². The maximum Gasteiger partial charge on any atom is 0.342 e.